The molecule has 0 spiro atoms. The highest BCUT2D eigenvalue weighted by Crippen LogP contribution is 2.27. The summed E-state index contributed by atoms with van der Waals surface area (Å²) in [6.07, 6.45) is 0.403. The quantitative estimate of drug-likeness (QED) is 0.927. The Morgan fingerprint density at radius 1 is 1.33 bits per heavy atom. The van der Waals surface area contributed by atoms with Crippen LogP contribution in [0.25, 0.3) is 0 Å². The van der Waals surface area contributed by atoms with Gasteiger partial charge in [0.15, 0.2) is 0 Å². The van der Waals surface area contributed by atoms with Gasteiger partial charge in [-0.15, -0.1) is 0 Å². The second-order valence-electron chi connectivity index (χ2n) is 5.48. The van der Waals surface area contributed by atoms with Crippen LogP contribution in [-0.4, -0.2) is 28.3 Å². The molecule has 0 aromatic heterocycles. The van der Waals surface area contributed by atoms with Gasteiger partial charge >= 0.3 is 0 Å². The van der Waals surface area contributed by atoms with Crippen LogP contribution in [0.1, 0.15) is 32.8 Å². The molecule has 1 aliphatic heterocycles. The third-order valence-corrected chi connectivity index (χ3v) is 4.10. The second-order valence-corrected chi connectivity index (χ2v) is 5.48. The zero-order chi connectivity index (χ0) is 15.8. The van der Waals surface area contributed by atoms with Crippen LogP contribution < -0.4 is 5.32 Å². The minimum atomic E-state index is -1.04. The Morgan fingerprint density at radius 3 is 2.57 bits per heavy atom. The number of benzene rings is 1. The van der Waals surface area contributed by atoms with Crippen LogP contribution in [0.2, 0.25) is 0 Å². The lowest BCUT2D eigenvalue weighted by Gasteiger charge is -2.45. The molecule has 21 heavy (non-hydrogen) atoms. The van der Waals surface area contributed by atoms with Crippen LogP contribution in [0.3, 0.4) is 0 Å². The molecule has 0 bridgehead atoms. The number of amides is 2. The smallest absolute Gasteiger partial charge is 0.246 e. The molecule has 2 amide bonds. The standard InChI is InChI=1S/C15H18F2N2O2/c1-4-15(3)14(21)18-9(2)13(20)19(15)8-10-5-6-11(16)7-12(10)17/h5-7,9H,4,8H2,1-3H3,(H,18,21). The van der Waals surface area contributed by atoms with Crippen LogP contribution in [0.5, 0.6) is 0 Å². The maximum Gasteiger partial charge on any atom is 0.246 e. The highest BCUT2D eigenvalue weighted by molar-refractivity contribution is 5.99. The average Bonchev–Trinajstić information content (AvgIpc) is 2.43. The SMILES string of the molecule is CCC1(C)C(=O)NC(C)C(=O)N1Cc1ccc(F)cc1F. The zero-order valence-electron chi connectivity index (χ0n) is 12.2. The van der Waals surface area contributed by atoms with Gasteiger partial charge in [0.05, 0.1) is 0 Å². The van der Waals surface area contributed by atoms with Crippen molar-refractivity contribution in [1.82, 2.24) is 10.2 Å². The van der Waals surface area contributed by atoms with Crippen molar-refractivity contribution >= 4 is 11.8 Å². The van der Waals surface area contributed by atoms with Gasteiger partial charge < -0.3 is 10.2 Å². The highest BCUT2D eigenvalue weighted by Gasteiger charge is 2.47. The molecule has 0 saturated carbocycles. The largest absolute Gasteiger partial charge is 0.343 e. The molecule has 1 heterocycles. The van der Waals surface area contributed by atoms with Crippen molar-refractivity contribution in [3.05, 3.63) is 35.4 Å². The van der Waals surface area contributed by atoms with E-state index in [-0.39, 0.29) is 23.9 Å². The van der Waals surface area contributed by atoms with Crippen molar-refractivity contribution in [3.63, 3.8) is 0 Å². The van der Waals surface area contributed by atoms with Crippen molar-refractivity contribution in [2.24, 2.45) is 0 Å². The van der Waals surface area contributed by atoms with Crippen LogP contribution in [-0.2, 0) is 16.1 Å². The molecule has 6 heteroatoms. The molecule has 1 N–H and O–H groups in total. The number of halogens is 2. The number of carbonyl (C=O) groups excluding carboxylic acids is 2. The molecule has 1 aromatic carbocycles. The molecule has 1 fully saturated rings. The van der Waals surface area contributed by atoms with E-state index < -0.39 is 23.2 Å². The molecular weight excluding hydrogens is 278 g/mol. The molecule has 0 aliphatic carbocycles. The fraction of sp³-hybridized carbons (Fsp3) is 0.467. The first-order chi connectivity index (χ1) is 9.79. The predicted octanol–water partition coefficient (Wildman–Crippen LogP) is 1.98. The third-order valence-electron chi connectivity index (χ3n) is 4.10. The van der Waals surface area contributed by atoms with Crippen LogP contribution >= 0.6 is 0 Å². The summed E-state index contributed by atoms with van der Waals surface area (Å²) in [4.78, 5) is 25.9. The van der Waals surface area contributed by atoms with Crippen molar-refractivity contribution < 1.29 is 18.4 Å². The van der Waals surface area contributed by atoms with E-state index >= 15 is 0 Å². The number of hydrogen-bond donors (Lipinski definition) is 1. The summed E-state index contributed by atoms with van der Waals surface area (Å²) in [7, 11) is 0. The number of nitrogens with one attached hydrogen (secondary N) is 1. The lowest BCUT2D eigenvalue weighted by atomic mass is 9.90. The number of rotatable bonds is 3. The maximum absolute atomic E-state index is 13.8. The first-order valence-corrected chi connectivity index (χ1v) is 6.86. The van der Waals surface area contributed by atoms with Gasteiger partial charge in [0.2, 0.25) is 11.8 Å². The average molecular weight is 296 g/mol. The van der Waals surface area contributed by atoms with Crippen molar-refractivity contribution in [1.29, 1.82) is 0 Å². The Bertz CT molecular complexity index is 591. The first kappa shape index (κ1) is 15.4. The number of nitrogens with zero attached hydrogens (tertiary/aromatic N) is 1. The summed E-state index contributed by atoms with van der Waals surface area (Å²) in [5.74, 6) is -1.94. The second kappa shape index (κ2) is 5.42. The summed E-state index contributed by atoms with van der Waals surface area (Å²) < 4.78 is 26.8. The lowest BCUT2D eigenvalue weighted by molar-refractivity contribution is -0.157. The Hall–Kier alpha value is -1.98. The van der Waals surface area contributed by atoms with E-state index in [2.05, 4.69) is 5.32 Å². The van der Waals surface area contributed by atoms with E-state index in [1.807, 2.05) is 0 Å². The van der Waals surface area contributed by atoms with E-state index in [1.54, 1.807) is 20.8 Å². The van der Waals surface area contributed by atoms with Gasteiger partial charge in [0.25, 0.3) is 0 Å². The summed E-state index contributed by atoms with van der Waals surface area (Å²) >= 11 is 0. The molecule has 4 nitrogen and oxygen atoms in total. The molecule has 1 aromatic rings. The number of carbonyl (C=O) groups is 2. The van der Waals surface area contributed by atoms with Gasteiger partial charge in [-0.1, -0.05) is 13.0 Å². The first-order valence-electron chi connectivity index (χ1n) is 6.86. The molecule has 1 saturated heterocycles. The van der Waals surface area contributed by atoms with Crippen LogP contribution in [0, 0.1) is 11.6 Å². The summed E-state index contributed by atoms with van der Waals surface area (Å²) in [6, 6.07) is 2.56. The van der Waals surface area contributed by atoms with Gasteiger partial charge in [-0.25, -0.2) is 8.78 Å². The Kier molecular flexibility index (Phi) is 3.98. The molecule has 2 rings (SSSR count). The van der Waals surface area contributed by atoms with E-state index in [4.69, 9.17) is 0 Å². The number of piperazine rings is 1. The fourth-order valence-corrected chi connectivity index (χ4v) is 2.44. The van der Waals surface area contributed by atoms with E-state index in [0.717, 1.165) is 12.1 Å². The molecule has 2 unspecified atom stereocenters. The predicted molar refractivity (Wildman–Crippen MR) is 73.2 cm³/mol. The Morgan fingerprint density at radius 2 is 2.00 bits per heavy atom. The zero-order valence-corrected chi connectivity index (χ0v) is 12.2. The summed E-state index contributed by atoms with van der Waals surface area (Å²) in [5.41, 5.74) is -0.851. The molecule has 2 atom stereocenters. The van der Waals surface area contributed by atoms with Crippen molar-refractivity contribution in [3.8, 4) is 0 Å². The van der Waals surface area contributed by atoms with Crippen molar-refractivity contribution in [2.75, 3.05) is 0 Å². The molecular formula is C15H18F2N2O2. The van der Waals surface area contributed by atoms with Crippen LogP contribution in [0.15, 0.2) is 18.2 Å². The topological polar surface area (TPSA) is 49.4 Å². The van der Waals surface area contributed by atoms with Crippen LogP contribution in [0.4, 0.5) is 8.78 Å². The van der Waals surface area contributed by atoms with Gasteiger partial charge in [-0.05, 0) is 26.3 Å². The van der Waals surface area contributed by atoms with E-state index in [9.17, 15) is 18.4 Å². The third kappa shape index (κ3) is 2.62. The Labute approximate surface area is 122 Å². The number of hydrogen-bond acceptors (Lipinski definition) is 2. The molecule has 1 aliphatic rings. The fourth-order valence-electron chi connectivity index (χ4n) is 2.44. The summed E-state index contributed by atoms with van der Waals surface area (Å²) in [6.45, 7) is 4.96. The summed E-state index contributed by atoms with van der Waals surface area (Å²) in [5, 5.41) is 2.63. The van der Waals surface area contributed by atoms with Gasteiger partial charge in [-0.3, -0.25) is 9.59 Å². The monoisotopic (exact) mass is 296 g/mol. The molecule has 0 radical (unpaired) electrons. The normalized spacial score (nSPS) is 26.0. The Balaban J connectivity index is 2.37. The van der Waals surface area contributed by atoms with Gasteiger partial charge in [0, 0.05) is 18.2 Å². The lowest BCUT2D eigenvalue weighted by Crippen LogP contribution is -2.68. The van der Waals surface area contributed by atoms with Gasteiger partial charge in [-0.2, -0.15) is 0 Å². The minimum absolute atomic E-state index is 0.0625. The van der Waals surface area contributed by atoms with Crippen molar-refractivity contribution in [2.45, 2.75) is 45.3 Å². The van der Waals surface area contributed by atoms with E-state index in [1.165, 1.54) is 11.0 Å². The van der Waals surface area contributed by atoms with E-state index in [0.29, 0.717) is 6.42 Å². The van der Waals surface area contributed by atoms with Gasteiger partial charge in [0.1, 0.15) is 23.2 Å². The molecule has 114 valence electrons. The maximum atomic E-state index is 13.8. The minimum Gasteiger partial charge on any atom is -0.343 e. The highest BCUT2D eigenvalue weighted by atomic mass is 19.1.